The van der Waals surface area contributed by atoms with Crippen molar-refractivity contribution in [3.63, 3.8) is 0 Å². The number of amides is 2. The van der Waals surface area contributed by atoms with Crippen LogP contribution in [-0.2, 0) is 9.59 Å². The van der Waals surface area contributed by atoms with E-state index in [2.05, 4.69) is 10.6 Å². The Morgan fingerprint density at radius 1 is 0.920 bits per heavy atom. The van der Waals surface area contributed by atoms with Gasteiger partial charge in [-0.15, -0.1) is 0 Å². The minimum absolute atomic E-state index is 0.171. The van der Waals surface area contributed by atoms with Crippen LogP contribution >= 0.6 is 0 Å². The first kappa shape index (κ1) is 16.8. The molecule has 0 saturated heterocycles. The number of carbonyl (C=O) groups is 2. The lowest BCUT2D eigenvalue weighted by atomic mass is 10.0. The van der Waals surface area contributed by atoms with Crippen molar-refractivity contribution in [2.24, 2.45) is 0 Å². The number of aryl methyl sites for hydroxylation is 3. The van der Waals surface area contributed by atoms with Crippen molar-refractivity contribution < 1.29 is 19.1 Å². The van der Waals surface area contributed by atoms with Gasteiger partial charge in [0.1, 0.15) is 6.42 Å². The molecule has 25 heavy (non-hydrogen) atoms. The van der Waals surface area contributed by atoms with Crippen molar-refractivity contribution in [3.05, 3.63) is 47.0 Å². The molecule has 130 valence electrons. The monoisotopic (exact) mass is 340 g/mol. The van der Waals surface area contributed by atoms with Gasteiger partial charge >= 0.3 is 0 Å². The zero-order valence-corrected chi connectivity index (χ0v) is 14.4. The third-order valence-corrected chi connectivity index (χ3v) is 3.92. The second kappa shape index (κ2) is 6.84. The van der Waals surface area contributed by atoms with Crippen LogP contribution in [0.2, 0.25) is 0 Å². The van der Waals surface area contributed by atoms with Crippen LogP contribution < -0.4 is 20.1 Å². The first-order valence-corrected chi connectivity index (χ1v) is 7.99. The molecule has 2 N–H and O–H groups in total. The standard InChI is InChI=1S/C19H20N2O4/c1-11-6-12(2)19(13(3)7-11)21-18(23)9-17(22)20-14-4-5-15-16(8-14)25-10-24-15/h4-8H,9-10H2,1-3H3,(H,20,22)(H,21,23). The van der Waals surface area contributed by atoms with Crippen LogP contribution in [0.3, 0.4) is 0 Å². The lowest BCUT2D eigenvalue weighted by molar-refractivity contribution is -0.123. The maximum Gasteiger partial charge on any atom is 0.233 e. The summed E-state index contributed by atoms with van der Waals surface area (Å²) in [5, 5.41) is 5.51. The van der Waals surface area contributed by atoms with E-state index in [0.717, 1.165) is 22.4 Å². The van der Waals surface area contributed by atoms with Crippen molar-refractivity contribution in [1.29, 1.82) is 0 Å². The fourth-order valence-electron chi connectivity index (χ4n) is 2.89. The van der Waals surface area contributed by atoms with Crippen LogP contribution in [0.25, 0.3) is 0 Å². The minimum Gasteiger partial charge on any atom is -0.454 e. The molecule has 0 saturated carbocycles. The number of benzene rings is 2. The van der Waals surface area contributed by atoms with E-state index in [9.17, 15) is 9.59 Å². The van der Waals surface area contributed by atoms with Crippen LogP contribution in [0.1, 0.15) is 23.1 Å². The van der Waals surface area contributed by atoms with Crippen LogP contribution in [0, 0.1) is 20.8 Å². The summed E-state index contributed by atoms with van der Waals surface area (Å²) in [6, 6.07) is 9.09. The second-order valence-corrected chi connectivity index (χ2v) is 6.11. The molecular formula is C19H20N2O4. The molecule has 2 amide bonds. The minimum atomic E-state index is -0.390. The quantitative estimate of drug-likeness (QED) is 0.837. The first-order chi connectivity index (χ1) is 11.9. The Hall–Kier alpha value is -3.02. The zero-order chi connectivity index (χ0) is 18.0. The lowest BCUT2D eigenvalue weighted by Crippen LogP contribution is -2.22. The molecule has 1 aliphatic rings. The van der Waals surface area contributed by atoms with Gasteiger partial charge in [-0.05, 0) is 44.0 Å². The molecule has 0 aromatic heterocycles. The highest BCUT2D eigenvalue weighted by atomic mass is 16.7. The van der Waals surface area contributed by atoms with Crippen molar-refractivity contribution in [2.45, 2.75) is 27.2 Å². The highest BCUT2D eigenvalue weighted by Gasteiger charge is 2.16. The Kier molecular flexibility index (Phi) is 4.61. The molecule has 0 atom stereocenters. The normalized spacial score (nSPS) is 12.0. The fraction of sp³-hybridized carbons (Fsp3) is 0.263. The molecule has 0 spiro atoms. The maximum atomic E-state index is 12.2. The fourth-order valence-corrected chi connectivity index (χ4v) is 2.89. The van der Waals surface area contributed by atoms with E-state index in [0.29, 0.717) is 17.2 Å². The van der Waals surface area contributed by atoms with E-state index < -0.39 is 5.91 Å². The highest BCUT2D eigenvalue weighted by Crippen LogP contribution is 2.34. The molecular weight excluding hydrogens is 320 g/mol. The van der Waals surface area contributed by atoms with Gasteiger partial charge in [0.05, 0.1) is 0 Å². The summed E-state index contributed by atoms with van der Waals surface area (Å²) in [6.45, 7) is 6.04. The lowest BCUT2D eigenvalue weighted by Gasteiger charge is -2.13. The third-order valence-electron chi connectivity index (χ3n) is 3.92. The molecule has 0 aliphatic carbocycles. The van der Waals surface area contributed by atoms with Gasteiger partial charge in [-0.3, -0.25) is 9.59 Å². The van der Waals surface area contributed by atoms with Gasteiger partial charge in [0.2, 0.25) is 18.6 Å². The molecule has 0 radical (unpaired) electrons. The summed E-state index contributed by atoms with van der Waals surface area (Å²) in [5.41, 5.74) is 4.40. The zero-order valence-electron chi connectivity index (χ0n) is 14.4. The molecule has 6 nitrogen and oxygen atoms in total. The number of rotatable bonds is 4. The van der Waals surface area contributed by atoms with E-state index in [4.69, 9.17) is 9.47 Å². The molecule has 1 heterocycles. The number of anilines is 2. The molecule has 2 aromatic carbocycles. The van der Waals surface area contributed by atoms with Crippen molar-refractivity contribution in [2.75, 3.05) is 17.4 Å². The van der Waals surface area contributed by atoms with Gasteiger partial charge in [-0.2, -0.15) is 0 Å². The Morgan fingerprint density at radius 3 is 2.28 bits per heavy atom. The van der Waals surface area contributed by atoms with Gasteiger partial charge in [-0.25, -0.2) is 0 Å². The maximum absolute atomic E-state index is 12.2. The molecule has 0 fully saturated rings. The molecule has 0 unspecified atom stereocenters. The Bertz CT molecular complexity index is 822. The van der Waals surface area contributed by atoms with Gasteiger partial charge in [0.15, 0.2) is 11.5 Å². The average molecular weight is 340 g/mol. The van der Waals surface area contributed by atoms with E-state index in [1.54, 1.807) is 18.2 Å². The number of hydrogen-bond donors (Lipinski definition) is 2. The second-order valence-electron chi connectivity index (χ2n) is 6.11. The van der Waals surface area contributed by atoms with Crippen LogP contribution in [0.5, 0.6) is 11.5 Å². The highest BCUT2D eigenvalue weighted by molar-refractivity contribution is 6.08. The summed E-state index contributed by atoms with van der Waals surface area (Å²) in [4.78, 5) is 24.3. The van der Waals surface area contributed by atoms with Gasteiger partial charge in [-0.1, -0.05) is 17.7 Å². The number of nitrogens with one attached hydrogen (secondary N) is 2. The molecule has 1 aliphatic heterocycles. The SMILES string of the molecule is Cc1cc(C)c(NC(=O)CC(=O)Nc2ccc3c(c2)OCO3)c(C)c1. The number of carbonyl (C=O) groups excluding carboxylic acids is 2. The summed E-state index contributed by atoms with van der Waals surface area (Å²) in [7, 11) is 0. The van der Waals surface area contributed by atoms with E-state index in [1.165, 1.54) is 0 Å². The van der Waals surface area contributed by atoms with Crippen molar-refractivity contribution in [1.82, 2.24) is 0 Å². The summed E-state index contributed by atoms with van der Waals surface area (Å²) in [6.07, 6.45) is -0.263. The van der Waals surface area contributed by atoms with E-state index in [-0.39, 0.29) is 19.1 Å². The van der Waals surface area contributed by atoms with Crippen molar-refractivity contribution in [3.8, 4) is 11.5 Å². The topological polar surface area (TPSA) is 76.7 Å². The van der Waals surface area contributed by atoms with E-state index in [1.807, 2.05) is 32.9 Å². The molecule has 3 rings (SSSR count). The largest absolute Gasteiger partial charge is 0.454 e. The van der Waals surface area contributed by atoms with Crippen molar-refractivity contribution >= 4 is 23.2 Å². The first-order valence-electron chi connectivity index (χ1n) is 7.99. The third kappa shape index (κ3) is 3.91. The van der Waals surface area contributed by atoms with Gasteiger partial charge in [0.25, 0.3) is 0 Å². The van der Waals surface area contributed by atoms with Gasteiger partial charge < -0.3 is 20.1 Å². The predicted octanol–water partition coefficient (Wildman–Crippen LogP) is 3.31. The Balaban J connectivity index is 1.60. The van der Waals surface area contributed by atoms with Crippen LogP contribution in [0.15, 0.2) is 30.3 Å². The number of fused-ring (bicyclic) bond motifs is 1. The van der Waals surface area contributed by atoms with Gasteiger partial charge in [0, 0.05) is 17.4 Å². The molecule has 0 bridgehead atoms. The van der Waals surface area contributed by atoms with Crippen LogP contribution in [-0.4, -0.2) is 18.6 Å². The molecule has 6 heteroatoms. The average Bonchev–Trinajstić information content (AvgIpc) is 2.98. The Morgan fingerprint density at radius 2 is 1.56 bits per heavy atom. The predicted molar refractivity (Wildman–Crippen MR) is 95.1 cm³/mol. The summed E-state index contributed by atoms with van der Waals surface area (Å²) < 4.78 is 10.5. The summed E-state index contributed by atoms with van der Waals surface area (Å²) in [5.74, 6) is 0.473. The summed E-state index contributed by atoms with van der Waals surface area (Å²) >= 11 is 0. The molecule has 2 aromatic rings. The van der Waals surface area contributed by atoms with Crippen LogP contribution in [0.4, 0.5) is 11.4 Å². The van der Waals surface area contributed by atoms with E-state index >= 15 is 0 Å². The number of hydrogen-bond acceptors (Lipinski definition) is 4. The Labute approximate surface area is 146 Å². The number of ether oxygens (including phenoxy) is 2. The smallest absolute Gasteiger partial charge is 0.233 e.